The number of amides is 1. The second-order valence-electron chi connectivity index (χ2n) is 16.8. The van der Waals surface area contributed by atoms with Crippen molar-refractivity contribution in [1.82, 2.24) is 0 Å². The first kappa shape index (κ1) is 47.6. The normalized spacial score (nSPS) is 11.4. The van der Waals surface area contributed by atoms with Crippen molar-refractivity contribution >= 4 is 56.4 Å². The number of aryl methyl sites for hydroxylation is 2. The molecule has 61 heavy (non-hydrogen) atoms. The fourth-order valence-electron chi connectivity index (χ4n) is 8.45. The first-order valence-electron chi connectivity index (χ1n) is 23.1. The van der Waals surface area contributed by atoms with Crippen LogP contribution in [0.15, 0.2) is 71.4 Å². The average molecular weight is 866 g/mol. The van der Waals surface area contributed by atoms with Gasteiger partial charge in [0.2, 0.25) is 5.91 Å². The molecular formula is C51H67N3O5S2. The minimum atomic E-state index is -0.459. The minimum Gasteiger partial charge on any atom is -0.302 e. The largest absolute Gasteiger partial charge is 0.302 e. The predicted molar refractivity (Wildman–Crippen MR) is 258 cm³/mol. The SMILES string of the molecule is CCCCCCCCCCCCc1csc(-c2cc([N+](=O)[O-])c3cc(-c4cc(CCCCCCCCCCCC)cs4)c(N(Cc4ccccc4)C(C)=O)c([N+](=O)[O-])c3c2)c1. The zero-order chi connectivity index (χ0) is 43.4. The topological polar surface area (TPSA) is 107 Å². The van der Waals surface area contributed by atoms with Gasteiger partial charge in [-0.3, -0.25) is 25.0 Å². The van der Waals surface area contributed by atoms with Crippen LogP contribution >= 0.6 is 22.7 Å². The van der Waals surface area contributed by atoms with Crippen molar-refractivity contribution in [3.8, 4) is 20.9 Å². The standard InChI is InChI=1S/C51H67N3O5S2/c1-4-6-8-10-12-14-16-18-20-23-29-41-31-48(60-37-41)43-33-45-44(47(34-43)53(56)57)35-46(49-32-42(38-61-49)30-24-21-19-17-15-13-11-9-7-5-2)50(51(45)54(58)59)52(39(3)55)36-40-27-25-22-26-28-40/h22,25-28,31-35,37-38H,4-21,23-24,29-30,36H2,1-3H3. The zero-order valence-corrected chi connectivity index (χ0v) is 38.5. The van der Waals surface area contributed by atoms with E-state index in [2.05, 4.69) is 36.7 Å². The number of thiophene rings is 2. The van der Waals surface area contributed by atoms with E-state index in [1.165, 1.54) is 149 Å². The van der Waals surface area contributed by atoms with Crippen molar-refractivity contribution in [2.75, 3.05) is 4.90 Å². The fourth-order valence-corrected chi connectivity index (χ4v) is 10.3. The van der Waals surface area contributed by atoms with Gasteiger partial charge < -0.3 is 4.90 Å². The van der Waals surface area contributed by atoms with E-state index in [9.17, 15) is 25.0 Å². The average Bonchev–Trinajstić information content (AvgIpc) is 3.93. The highest BCUT2D eigenvalue weighted by molar-refractivity contribution is 7.14. The molecule has 0 aliphatic heterocycles. The van der Waals surface area contributed by atoms with Gasteiger partial charge in [-0.1, -0.05) is 160 Å². The summed E-state index contributed by atoms with van der Waals surface area (Å²) in [5.41, 5.74) is 3.82. The number of hydrogen-bond donors (Lipinski definition) is 0. The molecule has 0 radical (unpaired) electrons. The molecule has 328 valence electrons. The van der Waals surface area contributed by atoms with E-state index in [0.29, 0.717) is 11.1 Å². The van der Waals surface area contributed by atoms with Crippen molar-refractivity contribution in [3.63, 3.8) is 0 Å². The van der Waals surface area contributed by atoms with Gasteiger partial charge in [0.1, 0.15) is 5.69 Å². The van der Waals surface area contributed by atoms with Crippen LogP contribution in [0.5, 0.6) is 0 Å². The number of anilines is 1. The number of non-ortho nitro benzene ring substituents is 1. The lowest BCUT2D eigenvalue weighted by atomic mass is 9.95. The maximum absolute atomic E-state index is 13.6. The van der Waals surface area contributed by atoms with Crippen LogP contribution in [0.4, 0.5) is 17.1 Å². The fraction of sp³-hybridized carbons (Fsp3) is 0.510. The number of fused-ring (bicyclic) bond motifs is 1. The van der Waals surface area contributed by atoms with Gasteiger partial charge >= 0.3 is 5.69 Å². The summed E-state index contributed by atoms with van der Waals surface area (Å²) >= 11 is 2.97. The summed E-state index contributed by atoms with van der Waals surface area (Å²) in [5.74, 6) is -0.352. The molecule has 2 aromatic heterocycles. The lowest BCUT2D eigenvalue weighted by Gasteiger charge is -2.24. The van der Waals surface area contributed by atoms with E-state index in [-0.39, 0.29) is 40.3 Å². The van der Waals surface area contributed by atoms with Crippen LogP contribution in [-0.2, 0) is 24.2 Å². The molecule has 0 bridgehead atoms. The van der Waals surface area contributed by atoms with E-state index < -0.39 is 9.85 Å². The van der Waals surface area contributed by atoms with Crippen molar-refractivity contribution < 1.29 is 14.6 Å². The highest BCUT2D eigenvalue weighted by Crippen LogP contribution is 2.49. The Morgan fingerprint density at radius 1 is 0.574 bits per heavy atom. The maximum Gasteiger partial charge on any atom is 0.301 e. The van der Waals surface area contributed by atoms with Gasteiger partial charge in [-0.15, -0.1) is 22.7 Å². The first-order chi connectivity index (χ1) is 29.7. The smallest absolute Gasteiger partial charge is 0.301 e. The Kier molecular flexibility index (Phi) is 19.9. The number of carbonyl (C=O) groups excluding carboxylic acids is 1. The van der Waals surface area contributed by atoms with Gasteiger partial charge in [0.25, 0.3) is 5.69 Å². The maximum atomic E-state index is 13.6. The van der Waals surface area contributed by atoms with Crippen LogP contribution in [0, 0.1) is 20.2 Å². The van der Waals surface area contributed by atoms with E-state index in [4.69, 9.17) is 0 Å². The molecule has 2 heterocycles. The first-order valence-corrected chi connectivity index (χ1v) is 24.9. The minimum absolute atomic E-state index is 0.112. The Labute approximate surface area is 372 Å². The molecule has 0 fully saturated rings. The number of rotatable bonds is 29. The summed E-state index contributed by atoms with van der Waals surface area (Å²) in [7, 11) is 0. The quantitative estimate of drug-likeness (QED) is 0.0270. The Bertz CT molecular complexity index is 2140. The van der Waals surface area contributed by atoms with Crippen molar-refractivity contribution in [3.05, 3.63) is 108 Å². The number of hydrogen-bond acceptors (Lipinski definition) is 7. The van der Waals surface area contributed by atoms with Crippen molar-refractivity contribution in [1.29, 1.82) is 0 Å². The molecule has 0 atom stereocenters. The number of unbranched alkanes of at least 4 members (excludes halogenated alkanes) is 18. The molecular weight excluding hydrogens is 799 g/mol. The molecule has 10 heteroatoms. The highest BCUT2D eigenvalue weighted by atomic mass is 32.1. The second-order valence-corrected chi connectivity index (χ2v) is 18.6. The molecule has 0 spiro atoms. The van der Waals surface area contributed by atoms with E-state index in [1.807, 2.05) is 30.3 Å². The number of carbonyl (C=O) groups is 1. The zero-order valence-electron chi connectivity index (χ0n) is 36.9. The van der Waals surface area contributed by atoms with Crippen molar-refractivity contribution in [2.45, 2.75) is 169 Å². The Hall–Kier alpha value is -4.41. The Balaban J connectivity index is 1.44. The molecule has 0 aliphatic carbocycles. The molecule has 0 saturated heterocycles. The summed E-state index contributed by atoms with van der Waals surface area (Å²) in [4.78, 5) is 42.1. The van der Waals surface area contributed by atoms with Crippen LogP contribution in [0.2, 0.25) is 0 Å². The van der Waals surface area contributed by atoms with Crippen LogP contribution < -0.4 is 4.90 Å². The summed E-state index contributed by atoms with van der Waals surface area (Å²) in [6.07, 6.45) is 26.9. The van der Waals surface area contributed by atoms with Gasteiger partial charge in [-0.05, 0) is 83.0 Å². The lowest BCUT2D eigenvalue weighted by molar-refractivity contribution is -0.384. The Morgan fingerprint density at radius 2 is 1.07 bits per heavy atom. The van der Waals surface area contributed by atoms with Crippen LogP contribution in [0.1, 0.15) is 166 Å². The summed E-state index contributed by atoms with van der Waals surface area (Å²) in [6.45, 7) is 6.03. The van der Waals surface area contributed by atoms with Gasteiger partial charge in [-0.25, -0.2) is 0 Å². The highest BCUT2D eigenvalue weighted by Gasteiger charge is 2.33. The van der Waals surface area contributed by atoms with Crippen LogP contribution in [-0.4, -0.2) is 15.8 Å². The van der Waals surface area contributed by atoms with Crippen LogP contribution in [0.3, 0.4) is 0 Å². The molecule has 1 amide bonds. The number of benzene rings is 3. The lowest BCUT2D eigenvalue weighted by Crippen LogP contribution is -2.29. The second kappa shape index (κ2) is 25.5. The monoisotopic (exact) mass is 865 g/mol. The molecule has 5 aromatic rings. The molecule has 0 unspecified atom stereocenters. The third-order valence-corrected chi connectivity index (χ3v) is 13.9. The molecule has 8 nitrogen and oxygen atoms in total. The van der Waals surface area contributed by atoms with E-state index in [1.54, 1.807) is 18.2 Å². The van der Waals surface area contributed by atoms with Crippen LogP contribution in [0.25, 0.3) is 31.7 Å². The third kappa shape index (κ3) is 14.3. The van der Waals surface area contributed by atoms with Gasteiger partial charge in [0.05, 0.1) is 27.2 Å². The van der Waals surface area contributed by atoms with E-state index >= 15 is 0 Å². The van der Waals surface area contributed by atoms with E-state index in [0.717, 1.165) is 53.0 Å². The molecule has 0 N–H and O–H groups in total. The number of nitro groups is 2. The summed E-state index contributed by atoms with van der Waals surface area (Å²) < 4.78 is 0. The molecule has 0 aliphatic rings. The molecule has 3 aromatic carbocycles. The molecule has 0 saturated carbocycles. The van der Waals surface area contributed by atoms with Gasteiger partial charge in [-0.2, -0.15) is 0 Å². The van der Waals surface area contributed by atoms with Gasteiger partial charge in [0.15, 0.2) is 0 Å². The van der Waals surface area contributed by atoms with Gasteiger partial charge in [0, 0.05) is 28.3 Å². The third-order valence-electron chi connectivity index (χ3n) is 11.9. The molecule has 5 rings (SSSR count). The summed E-state index contributed by atoms with van der Waals surface area (Å²) in [5, 5.41) is 30.8. The number of nitrogens with zero attached hydrogens (tertiary/aromatic N) is 3. The predicted octanol–water partition coefficient (Wildman–Crippen LogP) is 16.6. The Morgan fingerprint density at radius 3 is 1.56 bits per heavy atom. The number of nitro benzene ring substituents is 2. The van der Waals surface area contributed by atoms with Crippen molar-refractivity contribution in [2.24, 2.45) is 0 Å². The summed E-state index contributed by atoms with van der Waals surface area (Å²) in [6, 6.07) is 18.5.